The standard InChI is InChI=1S/C14H9N3/c1-2-6-12-10(4-1)13-11(5-3-7-15-13)14-16-8-9-17(12)14/h1-9H. The van der Waals surface area contributed by atoms with Crippen molar-refractivity contribution in [3.8, 4) is 0 Å². The molecule has 80 valence electrons. The van der Waals surface area contributed by atoms with Crippen LogP contribution in [0.15, 0.2) is 55.0 Å². The molecule has 3 heteroatoms. The second-order valence-electron chi connectivity index (χ2n) is 4.04. The van der Waals surface area contributed by atoms with Crippen molar-refractivity contribution in [3.63, 3.8) is 0 Å². The Kier molecular flexibility index (Phi) is 1.56. The summed E-state index contributed by atoms with van der Waals surface area (Å²) >= 11 is 0. The zero-order valence-corrected chi connectivity index (χ0v) is 9.04. The van der Waals surface area contributed by atoms with Crippen molar-refractivity contribution >= 4 is 27.5 Å². The van der Waals surface area contributed by atoms with Crippen molar-refractivity contribution < 1.29 is 0 Å². The molecule has 0 bridgehead atoms. The fourth-order valence-electron chi connectivity index (χ4n) is 2.38. The minimum Gasteiger partial charge on any atom is -0.299 e. The van der Waals surface area contributed by atoms with Crippen molar-refractivity contribution in [2.75, 3.05) is 0 Å². The van der Waals surface area contributed by atoms with E-state index in [9.17, 15) is 0 Å². The number of imidazole rings is 1. The number of para-hydroxylation sites is 1. The lowest BCUT2D eigenvalue weighted by Crippen LogP contribution is -1.91. The Morgan fingerprint density at radius 1 is 0.824 bits per heavy atom. The molecule has 0 N–H and O–H groups in total. The molecule has 4 aromatic rings. The molecule has 17 heavy (non-hydrogen) atoms. The van der Waals surface area contributed by atoms with Crippen LogP contribution in [0.5, 0.6) is 0 Å². The zero-order valence-electron chi connectivity index (χ0n) is 9.04. The van der Waals surface area contributed by atoms with Crippen LogP contribution in [0.3, 0.4) is 0 Å². The van der Waals surface area contributed by atoms with E-state index >= 15 is 0 Å². The highest BCUT2D eigenvalue weighted by atomic mass is 15.0. The summed E-state index contributed by atoms with van der Waals surface area (Å²) in [4.78, 5) is 8.91. The molecule has 0 radical (unpaired) electrons. The van der Waals surface area contributed by atoms with Crippen LogP contribution in [0.1, 0.15) is 0 Å². The average molecular weight is 219 g/mol. The number of rotatable bonds is 0. The molecule has 0 aliphatic rings. The van der Waals surface area contributed by atoms with Crippen LogP contribution in [-0.2, 0) is 0 Å². The third-order valence-corrected chi connectivity index (χ3v) is 3.11. The first kappa shape index (κ1) is 8.70. The van der Waals surface area contributed by atoms with E-state index in [1.165, 1.54) is 0 Å². The molecule has 0 saturated carbocycles. The summed E-state index contributed by atoms with van der Waals surface area (Å²) in [6.07, 6.45) is 5.65. The normalized spacial score (nSPS) is 11.5. The minimum atomic E-state index is 0.965. The van der Waals surface area contributed by atoms with Crippen molar-refractivity contribution in [2.45, 2.75) is 0 Å². The van der Waals surface area contributed by atoms with E-state index in [1.54, 1.807) is 0 Å². The third-order valence-electron chi connectivity index (χ3n) is 3.11. The Labute approximate surface area is 97.4 Å². The molecule has 0 atom stereocenters. The molecule has 3 nitrogen and oxygen atoms in total. The van der Waals surface area contributed by atoms with Gasteiger partial charge in [0, 0.05) is 29.4 Å². The Bertz CT molecular complexity index is 776. The Morgan fingerprint density at radius 3 is 2.71 bits per heavy atom. The van der Waals surface area contributed by atoms with Crippen molar-refractivity contribution in [3.05, 3.63) is 55.0 Å². The van der Waals surface area contributed by atoms with Gasteiger partial charge in [-0.2, -0.15) is 0 Å². The smallest absolute Gasteiger partial charge is 0.146 e. The van der Waals surface area contributed by atoms with Gasteiger partial charge in [-0.25, -0.2) is 4.98 Å². The quantitative estimate of drug-likeness (QED) is 0.425. The zero-order chi connectivity index (χ0) is 11.2. The fraction of sp³-hybridized carbons (Fsp3) is 0. The molecule has 0 saturated heterocycles. The van der Waals surface area contributed by atoms with E-state index in [4.69, 9.17) is 0 Å². The van der Waals surface area contributed by atoms with Crippen LogP contribution in [0.4, 0.5) is 0 Å². The Morgan fingerprint density at radius 2 is 1.71 bits per heavy atom. The fourth-order valence-corrected chi connectivity index (χ4v) is 2.38. The van der Waals surface area contributed by atoms with Gasteiger partial charge < -0.3 is 0 Å². The van der Waals surface area contributed by atoms with Gasteiger partial charge in [-0.15, -0.1) is 0 Å². The highest BCUT2D eigenvalue weighted by Crippen LogP contribution is 2.26. The SMILES string of the molecule is c1ccc2c(c1)c1ncccc1c1nccn21. The summed E-state index contributed by atoms with van der Waals surface area (Å²) in [5.74, 6) is 0. The van der Waals surface area contributed by atoms with Gasteiger partial charge in [0.25, 0.3) is 0 Å². The van der Waals surface area contributed by atoms with Crippen molar-refractivity contribution in [2.24, 2.45) is 0 Å². The van der Waals surface area contributed by atoms with Gasteiger partial charge in [-0.1, -0.05) is 18.2 Å². The molecule has 0 amide bonds. The third kappa shape index (κ3) is 1.05. The lowest BCUT2D eigenvalue weighted by Gasteiger charge is -2.06. The molecular formula is C14H9N3. The van der Waals surface area contributed by atoms with Crippen molar-refractivity contribution in [1.82, 2.24) is 14.4 Å². The number of fused-ring (bicyclic) bond motifs is 6. The molecule has 3 aromatic heterocycles. The van der Waals surface area contributed by atoms with E-state index in [2.05, 4.69) is 32.6 Å². The molecule has 3 heterocycles. The number of hydrogen-bond donors (Lipinski definition) is 0. The van der Waals surface area contributed by atoms with Gasteiger partial charge in [0.1, 0.15) is 5.65 Å². The molecule has 0 fully saturated rings. The highest BCUT2D eigenvalue weighted by Gasteiger charge is 2.08. The van der Waals surface area contributed by atoms with Crippen LogP contribution in [0.25, 0.3) is 27.5 Å². The predicted molar refractivity (Wildman–Crippen MR) is 68.0 cm³/mol. The maximum absolute atomic E-state index is 4.49. The molecule has 0 aliphatic carbocycles. The van der Waals surface area contributed by atoms with E-state index in [0.717, 1.165) is 27.5 Å². The molecule has 0 aliphatic heterocycles. The Balaban J connectivity index is 2.48. The van der Waals surface area contributed by atoms with Gasteiger partial charge in [0.15, 0.2) is 0 Å². The van der Waals surface area contributed by atoms with E-state index in [0.29, 0.717) is 0 Å². The highest BCUT2D eigenvalue weighted by molar-refractivity contribution is 6.09. The molecule has 4 rings (SSSR count). The first-order valence-corrected chi connectivity index (χ1v) is 5.54. The summed E-state index contributed by atoms with van der Waals surface area (Å²) in [5.41, 5.74) is 3.12. The van der Waals surface area contributed by atoms with Crippen LogP contribution >= 0.6 is 0 Å². The molecule has 1 aromatic carbocycles. The number of hydrogen-bond acceptors (Lipinski definition) is 2. The molecule has 0 unspecified atom stereocenters. The summed E-state index contributed by atoms with van der Waals surface area (Å²) in [7, 11) is 0. The van der Waals surface area contributed by atoms with E-state index in [1.807, 2.05) is 36.8 Å². The maximum Gasteiger partial charge on any atom is 0.146 e. The summed E-state index contributed by atoms with van der Waals surface area (Å²) in [6.45, 7) is 0. The molecule has 0 spiro atoms. The summed E-state index contributed by atoms with van der Waals surface area (Å²) < 4.78 is 2.11. The van der Waals surface area contributed by atoms with Crippen LogP contribution in [0, 0.1) is 0 Å². The topological polar surface area (TPSA) is 30.2 Å². The van der Waals surface area contributed by atoms with Gasteiger partial charge in [0.2, 0.25) is 0 Å². The van der Waals surface area contributed by atoms with Crippen LogP contribution < -0.4 is 0 Å². The lowest BCUT2D eigenvalue weighted by molar-refractivity contribution is 1.26. The monoisotopic (exact) mass is 219 g/mol. The van der Waals surface area contributed by atoms with Gasteiger partial charge in [-0.05, 0) is 18.2 Å². The summed E-state index contributed by atoms with van der Waals surface area (Å²) in [5, 5.41) is 2.25. The lowest BCUT2D eigenvalue weighted by atomic mass is 10.1. The van der Waals surface area contributed by atoms with Crippen LogP contribution in [-0.4, -0.2) is 14.4 Å². The first-order valence-electron chi connectivity index (χ1n) is 5.54. The Hall–Kier alpha value is -2.42. The predicted octanol–water partition coefficient (Wildman–Crippen LogP) is 3.04. The second-order valence-corrected chi connectivity index (χ2v) is 4.04. The number of pyridine rings is 2. The maximum atomic E-state index is 4.49. The molecular weight excluding hydrogens is 210 g/mol. The van der Waals surface area contributed by atoms with Gasteiger partial charge in [-0.3, -0.25) is 9.38 Å². The summed E-state index contributed by atoms with van der Waals surface area (Å²) in [6, 6.07) is 12.3. The largest absolute Gasteiger partial charge is 0.299 e. The number of aromatic nitrogens is 3. The average Bonchev–Trinajstić information content (AvgIpc) is 2.89. The second kappa shape index (κ2) is 3.04. The van der Waals surface area contributed by atoms with Gasteiger partial charge in [0.05, 0.1) is 11.0 Å². The first-order chi connectivity index (χ1) is 8.45. The number of benzene rings is 1. The van der Waals surface area contributed by atoms with Crippen molar-refractivity contribution in [1.29, 1.82) is 0 Å². The van der Waals surface area contributed by atoms with E-state index in [-0.39, 0.29) is 0 Å². The number of nitrogens with zero attached hydrogens (tertiary/aromatic N) is 3. The van der Waals surface area contributed by atoms with E-state index < -0.39 is 0 Å². The van der Waals surface area contributed by atoms with Gasteiger partial charge >= 0.3 is 0 Å². The van der Waals surface area contributed by atoms with Crippen LogP contribution in [0.2, 0.25) is 0 Å². The minimum absolute atomic E-state index is 0.965.